The van der Waals surface area contributed by atoms with Crippen LogP contribution in [0.25, 0.3) is 0 Å². The van der Waals surface area contributed by atoms with Crippen molar-refractivity contribution >= 4 is 5.91 Å². The minimum atomic E-state index is -1.09. The third-order valence-corrected chi connectivity index (χ3v) is 5.39. The van der Waals surface area contributed by atoms with Crippen LogP contribution in [-0.2, 0) is 9.53 Å². The zero-order chi connectivity index (χ0) is 19.7. The number of aromatic nitrogens is 2. The van der Waals surface area contributed by atoms with Gasteiger partial charge in [-0.15, -0.1) is 0 Å². The number of hydrogen-bond acceptors (Lipinski definition) is 7. The summed E-state index contributed by atoms with van der Waals surface area (Å²) in [6.07, 6.45) is -0.555. The molecule has 0 unspecified atom stereocenters. The van der Waals surface area contributed by atoms with Gasteiger partial charge in [0.25, 0.3) is 5.56 Å². The maximum atomic E-state index is 12.2. The lowest BCUT2D eigenvalue weighted by atomic mass is 10.0. The van der Waals surface area contributed by atoms with Gasteiger partial charge in [0.15, 0.2) is 0 Å². The molecule has 3 rings (SSSR count). The Morgan fingerprint density at radius 3 is 2.59 bits per heavy atom. The van der Waals surface area contributed by atoms with Crippen LogP contribution in [0.1, 0.15) is 25.1 Å². The molecule has 2 aliphatic heterocycles. The third kappa shape index (κ3) is 3.98. The van der Waals surface area contributed by atoms with Gasteiger partial charge in [-0.1, -0.05) is 0 Å². The zero-order valence-corrected chi connectivity index (χ0v) is 15.5. The van der Waals surface area contributed by atoms with Crippen LogP contribution >= 0.6 is 0 Å². The molecule has 0 spiro atoms. The van der Waals surface area contributed by atoms with Crippen LogP contribution in [-0.4, -0.2) is 86.5 Å². The average Bonchev–Trinajstić information content (AvgIpc) is 3.09. The average molecular weight is 382 g/mol. The Balaban J connectivity index is 1.81. The summed E-state index contributed by atoms with van der Waals surface area (Å²) in [7, 11) is 0. The maximum absolute atomic E-state index is 12.2. The van der Waals surface area contributed by atoms with E-state index in [1.54, 1.807) is 11.8 Å². The van der Waals surface area contributed by atoms with E-state index in [1.807, 2.05) is 0 Å². The molecule has 2 saturated heterocycles. The Kier molecular flexibility index (Phi) is 5.80. The molecule has 0 saturated carbocycles. The highest BCUT2D eigenvalue weighted by Crippen LogP contribution is 2.33. The van der Waals surface area contributed by atoms with Crippen LogP contribution in [0.3, 0.4) is 0 Å². The predicted molar refractivity (Wildman–Crippen MR) is 95.3 cm³/mol. The van der Waals surface area contributed by atoms with Crippen LogP contribution in [0, 0.1) is 6.92 Å². The number of piperazine rings is 1. The van der Waals surface area contributed by atoms with Crippen molar-refractivity contribution in [1.29, 1.82) is 0 Å². The van der Waals surface area contributed by atoms with E-state index in [4.69, 9.17) is 4.74 Å². The van der Waals surface area contributed by atoms with Gasteiger partial charge in [-0.25, -0.2) is 4.79 Å². The highest BCUT2D eigenvalue weighted by Gasteiger charge is 2.44. The lowest BCUT2D eigenvalue weighted by Gasteiger charge is -2.39. The second-order valence-corrected chi connectivity index (χ2v) is 7.13. The SMILES string of the molecule is CC(=O)N1CCN([C@H]2C[C@@H](n3cc(C)c(=O)[nH]c3=O)O[C@@H]2[C@H](O)CO)CC1. The molecule has 10 heteroatoms. The predicted octanol–water partition coefficient (Wildman–Crippen LogP) is -1.98. The first kappa shape index (κ1) is 19.7. The summed E-state index contributed by atoms with van der Waals surface area (Å²) in [6, 6.07) is -0.217. The van der Waals surface area contributed by atoms with E-state index in [-0.39, 0.29) is 11.9 Å². The number of nitrogens with zero attached hydrogens (tertiary/aromatic N) is 3. The van der Waals surface area contributed by atoms with E-state index in [1.165, 1.54) is 17.7 Å². The largest absolute Gasteiger partial charge is 0.394 e. The van der Waals surface area contributed by atoms with E-state index in [2.05, 4.69) is 9.88 Å². The first-order chi connectivity index (χ1) is 12.8. The molecule has 0 bridgehead atoms. The molecule has 0 aliphatic carbocycles. The Bertz CT molecular complexity index is 797. The number of carbonyl (C=O) groups excluding carboxylic acids is 1. The number of aliphatic hydroxyl groups is 2. The third-order valence-electron chi connectivity index (χ3n) is 5.39. The molecule has 2 fully saturated rings. The van der Waals surface area contributed by atoms with E-state index in [0.29, 0.717) is 38.2 Å². The summed E-state index contributed by atoms with van der Waals surface area (Å²) < 4.78 is 7.24. The highest BCUT2D eigenvalue weighted by atomic mass is 16.5. The Labute approximate surface area is 156 Å². The standard InChI is InChI=1S/C17H26N4O6/c1-10-8-21(17(26)18-16(10)25)14-7-12(15(27-14)13(24)9-22)20-5-3-19(4-6-20)11(2)23/h8,12-15,22,24H,3-7,9H2,1-2H3,(H,18,25,26)/t12-,13+,14-,15-/m0/s1. The smallest absolute Gasteiger partial charge is 0.330 e. The molecule has 150 valence electrons. The Morgan fingerprint density at radius 1 is 1.33 bits per heavy atom. The van der Waals surface area contributed by atoms with Gasteiger partial charge in [-0.2, -0.15) is 0 Å². The van der Waals surface area contributed by atoms with E-state index < -0.39 is 36.3 Å². The van der Waals surface area contributed by atoms with Crippen molar-refractivity contribution in [2.45, 2.75) is 44.7 Å². The van der Waals surface area contributed by atoms with Crippen molar-refractivity contribution in [3.8, 4) is 0 Å². The quantitative estimate of drug-likeness (QED) is 0.550. The fourth-order valence-electron chi connectivity index (χ4n) is 3.82. The fourth-order valence-corrected chi connectivity index (χ4v) is 3.82. The summed E-state index contributed by atoms with van der Waals surface area (Å²) in [5.41, 5.74) is -0.635. The molecule has 2 aliphatic rings. The van der Waals surface area contributed by atoms with E-state index >= 15 is 0 Å². The molecule has 1 aromatic heterocycles. The lowest BCUT2D eigenvalue weighted by molar-refractivity contribution is -0.131. The van der Waals surface area contributed by atoms with Gasteiger partial charge in [0, 0.05) is 57.3 Å². The normalized spacial score (nSPS) is 27.7. The lowest BCUT2D eigenvalue weighted by Crippen LogP contribution is -2.55. The molecule has 3 N–H and O–H groups in total. The summed E-state index contributed by atoms with van der Waals surface area (Å²) in [4.78, 5) is 41.4. The van der Waals surface area contributed by atoms with Crippen LogP contribution in [0.4, 0.5) is 0 Å². The van der Waals surface area contributed by atoms with Crippen molar-refractivity contribution in [2.24, 2.45) is 0 Å². The molecule has 1 aromatic rings. The highest BCUT2D eigenvalue weighted by molar-refractivity contribution is 5.73. The zero-order valence-electron chi connectivity index (χ0n) is 15.5. The number of aryl methyl sites for hydroxylation is 1. The maximum Gasteiger partial charge on any atom is 0.330 e. The van der Waals surface area contributed by atoms with Gasteiger partial charge in [0.1, 0.15) is 18.4 Å². The van der Waals surface area contributed by atoms with E-state index in [9.17, 15) is 24.6 Å². The molecule has 0 radical (unpaired) electrons. The van der Waals surface area contributed by atoms with Gasteiger partial charge in [-0.3, -0.25) is 24.0 Å². The molecular weight excluding hydrogens is 356 g/mol. The summed E-state index contributed by atoms with van der Waals surface area (Å²) in [6.45, 7) is 5.08. The monoisotopic (exact) mass is 382 g/mol. The number of aromatic amines is 1. The molecule has 27 heavy (non-hydrogen) atoms. The number of nitrogens with one attached hydrogen (secondary N) is 1. The summed E-state index contributed by atoms with van der Waals surface area (Å²) >= 11 is 0. The topological polar surface area (TPSA) is 128 Å². The number of aliphatic hydroxyl groups excluding tert-OH is 2. The number of ether oxygens (including phenoxy) is 1. The second-order valence-electron chi connectivity index (χ2n) is 7.13. The molecule has 3 heterocycles. The van der Waals surface area contributed by atoms with Crippen LogP contribution in [0.15, 0.2) is 15.8 Å². The van der Waals surface area contributed by atoms with Crippen molar-refractivity contribution < 1.29 is 19.7 Å². The number of amides is 1. The van der Waals surface area contributed by atoms with Gasteiger partial charge in [0.2, 0.25) is 5.91 Å². The molecule has 4 atom stereocenters. The van der Waals surface area contributed by atoms with Crippen LogP contribution in [0.2, 0.25) is 0 Å². The number of hydrogen-bond donors (Lipinski definition) is 3. The Morgan fingerprint density at radius 2 is 2.00 bits per heavy atom. The number of H-pyrrole nitrogens is 1. The number of carbonyl (C=O) groups is 1. The number of rotatable bonds is 4. The Hall–Kier alpha value is -2.01. The molecule has 1 amide bonds. The first-order valence-electron chi connectivity index (χ1n) is 9.08. The molecule has 10 nitrogen and oxygen atoms in total. The van der Waals surface area contributed by atoms with Gasteiger partial charge in [0.05, 0.1) is 6.61 Å². The van der Waals surface area contributed by atoms with Crippen molar-refractivity contribution in [1.82, 2.24) is 19.4 Å². The first-order valence-corrected chi connectivity index (χ1v) is 9.08. The van der Waals surface area contributed by atoms with Crippen LogP contribution < -0.4 is 11.2 Å². The summed E-state index contributed by atoms with van der Waals surface area (Å²) in [5, 5.41) is 19.6. The van der Waals surface area contributed by atoms with E-state index in [0.717, 1.165) is 0 Å². The van der Waals surface area contributed by atoms with Crippen molar-refractivity contribution in [2.75, 3.05) is 32.8 Å². The van der Waals surface area contributed by atoms with Crippen molar-refractivity contribution in [3.05, 3.63) is 32.6 Å². The molecular formula is C17H26N4O6. The molecule has 0 aromatic carbocycles. The van der Waals surface area contributed by atoms with Crippen molar-refractivity contribution in [3.63, 3.8) is 0 Å². The minimum Gasteiger partial charge on any atom is -0.394 e. The van der Waals surface area contributed by atoms with Gasteiger partial charge >= 0.3 is 5.69 Å². The minimum absolute atomic E-state index is 0.0254. The summed E-state index contributed by atoms with van der Waals surface area (Å²) in [5.74, 6) is 0.0254. The van der Waals surface area contributed by atoms with Crippen LogP contribution in [0.5, 0.6) is 0 Å². The van der Waals surface area contributed by atoms with Gasteiger partial charge < -0.3 is 19.8 Å². The second kappa shape index (κ2) is 7.93. The van der Waals surface area contributed by atoms with Gasteiger partial charge in [-0.05, 0) is 6.92 Å². The fraction of sp³-hybridized carbons (Fsp3) is 0.706.